The second kappa shape index (κ2) is 10.2. The zero-order chi connectivity index (χ0) is 23.3. The maximum absolute atomic E-state index is 13.9. The largest absolute Gasteiger partial charge is 0.485 e. The van der Waals surface area contributed by atoms with Gasteiger partial charge in [0, 0.05) is 6.20 Å². The molecular formula is C23H25F2N3O4. The Hall–Kier alpha value is -3.49. The number of esters is 1. The lowest BCUT2D eigenvalue weighted by molar-refractivity contribution is -0.143. The third-order valence-electron chi connectivity index (χ3n) is 5.07. The first-order valence-electron chi connectivity index (χ1n) is 10.3. The van der Waals surface area contributed by atoms with Crippen LogP contribution in [0.1, 0.15) is 47.9 Å². The Morgan fingerprint density at radius 2 is 1.91 bits per heavy atom. The second-order valence-electron chi connectivity index (χ2n) is 7.29. The molecule has 0 bridgehead atoms. The number of ether oxygens (including phenoxy) is 2. The topological polar surface area (TPSA) is 81.9 Å². The molecule has 0 aliphatic rings. The Morgan fingerprint density at radius 1 is 1.19 bits per heavy atom. The number of aromatic nitrogens is 2. The van der Waals surface area contributed by atoms with E-state index >= 15 is 0 Å². The molecule has 0 fully saturated rings. The summed E-state index contributed by atoms with van der Waals surface area (Å²) in [7, 11) is 1.27. The number of carbonyl (C=O) groups excluding carboxylic acids is 2. The van der Waals surface area contributed by atoms with E-state index in [4.69, 9.17) is 9.47 Å². The standard InChI is InChI=1S/C23H25F2N3O4/c1-4-5-10-18(23(30)31-3)27-22(29)20-14(2)26-21-19(11-7-12-28(20)21)32-13-15-16(24)8-6-9-17(15)25/h6-9,11-12,18H,4-5,10,13H2,1-3H3,(H,27,29). The van der Waals surface area contributed by atoms with Crippen LogP contribution in [0.25, 0.3) is 5.65 Å². The van der Waals surface area contributed by atoms with Crippen LogP contribution in [0.4, 0.5) is 8.78 Å². The first kappa shape index (κ1) is 23.2. The molecule has 0 spiro atoms. The molecule has 1 unspecified atom stereocenters. The van der Waals surface area contributed by atoms with Crippen LogP contribution in [-0.2, 0) is 16.1 Å². The first-order valence-corrected chi connectivity index (χ1v) is 10.3. The summed E-state index contributed by atoms with van der Waals surface area (Å²) in [6.45, 7) is 3.30. The fraction of sp³-hybridized carbons (Fsp3) is 0.348. The molecule has 0 aliphatic heterocycles. The number of nitrogens with one attached hydrogen (secondary N) is 1. The summed E-state index contributed by atoms with van der Waals surface area (Å²) < 4.78 is 39.8. The second-order valence-corrected chi connectivity index (χ2v) is 7.29. The maximum atomic E-state index is 13.9. The van der Waals surface area contributed by atoms with Crippen molar-refractivity contribution in [2.45, 2.75) is 45.8 Å². The van der Waals surface area contributed by atoms with Crippen LogP contribution in [0.2, 0.25) is 0 Å². The number of fused-ring (bicyclic) bond motifs is 1. The van der Waals surface area contributed by atoms with E-state index < -0.39 is 29.6 Å². The number of hydrogen-bond acceptors (Lipinski definition) is 5. The number of methoxy groups -OCH3 is 1. The number of amides is 1. The SMILES string of the molecule is CCCCC(NC(=O)c1c(C)nc2c(OCc3c(F)cccc3F)cccn12)C(=O)OC. The number of nitrogens with zero attached hydrogens (tertiary/aromatic N) is 2. The van der Waals surface area contributed by atoms with E-state index in [1.807, 2.05) is 6.92 Å². The van der Waals surface area contributed by atoms with E-state index in [1.165, 1.54) is 17.6 Å². The van der Waals surface area contributed by atoms with Gasteiger partial charge in [0.15, 0.2) is 11.4 Å². The Morgan fingerprint density at radius 3 is 2.56 bits per heavy atom. The fourth-order valence-corrected chi connectivity index (χ4v) is 3.39. The van der Waals surface area contributed by atoms with Crippen molar-refractivity contribution in [1.82, 2.24) is 14.7 Å². The van der Waals surface area contributed by atoms with Gasteiger partial charge in [0.05, 0.1) is 18.4 Å². The lowest BCUT2D eigenvalue weighted by atomic mass is 10.1. The average Bonchev–Trinajstić information content (AvgIpc) is 3.12. The van der Waals surface area contributed by atoms with E-state index in [0.717, 1.165) is 25.0 Å². The third-order valence-corrected chi connectivity index (χ3v) is 5.07. The van der Waals surface area contributed by atoms with Crippen LogP contribution in [-0.4, -0.2) is 34.4 Å². The molecular weight excluding hydrogens is 420 g/mol. The van der Waals surface area contributed by atoms with Gasteiger partial charge in [-0.15, -0.1) is 0 Å². The predicted molar refractivity (Wildman–Crippen MR) is 113 cm³/mol. The molecule has 0 radical (unpaired) electrons. The molecule has 2 heterocycles. The normalized spacial score (nSPS) is 11.9. The predicted octanol–water partition coefficient (Wildman–Crippen LogP) is 3.96. The molecule has 0 saturated heterocycles. The zero-order valence-corrected chi connectivity index (χ0v) is 18.2. The van der Waals surface area contributed by atoms with Gasteiger partial charge in [0.25, 0.3) is 5.91 Å². The minimum atomic E-state index is -0.777. The van der Waals surface area contributed by atoms with Gasteiger partial charge < -0.3 is 14.8 Å². The molecule has 1 amide bonds. The Kier molecular flexibility index (Phi) is 7.40. The molecule has 7 nitrogen and oxygen atoms in total. The Balaban J connectivity index is 1.87. The minimum absolute atomic E-state index is 0.201. The van der Waals surface area contributed by atoms with Crippen molar-refractivity contribution in [3.63, 3.8) is 0 Å². The highest BCUT2D eigenvalue weighted by atomic mass is 19.1. The molecule has 32 heavy (non-hydrogen) atoms. The number of carbonyl (C=O) groups is 2. The summed E-state index contributed by atoms with van der Waals surface area (Å²) in [6.07, 6.45) is 3.69. The van der Waals surface area contributed by atoms with E-state index in [2.05, 4.69) is 10.3 Å². The van der Waals surface area contributed by atoms with Crippen molar-refractivity contribution in [2.75, 3.05) is 7.11 Å². The highest BCUT2D eigenvalue weighted by Crippen LogP contribution is 2.24. The molecule has 170 valence electrons. The number of benzene rings is 1. The van der Waals surface area contributed by atoms with E-state index in [1.54, 1.807) is 25.3 Å². The smallest absolute Gasteiger partial charge is 0.328 e. The van der Waals surface area contributed by atoms with Gasteiger partial charge in [0.2, 0.25) is 0 Å². The van der Waals surface area contributed by atoms with E-state index in [0.29, 0.717) is 17.8 Å². The van der Waals surface area contributed by atoms with Crippen LogP contribution in [0, 0.1) is 18.6 Å². The zero-order valence-electron chi connectivity index (χ0n) is 18.2. The quantitative estimate of drug-likeness (QED) is 0.504. The summed E-state index contributed by atoms with van der Waals surface area (Å²) in [5, 5.41) is 2.72. The number of pyridine rings is 1. The van der Waals surface area contributed by atoms with Crippen molar-refractivity contribution >= 4 is 17.5 Å². The minimum Gasteiger partial charge on any atom is -0.485 e. The third kappa shape index (κ3) is 4.87. The highest BCUT2D eigenvalue weighted by molar-refractivity contribution is 5.97. The van der Waals surface area contributed by atoms with Gasteiger partial charge in [-0.2, -0.15) is 0 Å². The molecule has 3 rings (SSSR count). The summed E-state index contributed by atoms with van der Waals surface area (Å²) in [4.78, 5) is 29.5. The van der Waals surface area contributed by atoms with Crippen LogP contribution in [0.5, 0.6) is 5.75 Å². The van der Waals surface area contributed by atoms with Gasteiger partial charge in [-0.3, -0.25) is 9.20 Å². The van der Waals surface area contributed by atoms with Gasteiger partial charge in [-0.1, -0.05) is 25.8 Å². The average molecular weight is 445 g/mol. The molecule has 0 saturated carbocycles. The lowest BCUT2D eigenvalue weighted by Gasteiger charge is -2.16. The van der Waals surface area contributed by atoms with Crippen molar-refractivity contribution in [1.29, 1.82) is 0 Å². The maximum Gasteiger partial charge on any atom is 0.328 e. The molecule has 1 N–H and O–H groups in total. The van der Waals surface area contributed by atoms with Gasteiger partial charge in [-0.05, 0) is 37.6 Å². The van der Waals surface area contributed by atoms with Crippen molar-refractivity contribution in [2.24, 2.45) is 0 Å². The molecule has 0 aliphatic carbocycles. The lowest BCUT2D eigenvalue weighted by Crippen LogP contribution is -2.42. The van der Waals surface area contributed by atoms with E-state index in [9.17, 15) is 18.4 Å². The Labute approximate surface area is 184 Å². The summed E-state index contributed by atoms with van der Waals surface area (Å²) in [5.74, 6) is -2.17. The fourth-order valence-electron chi connectivity index (χ4n) is 3.39. The number of imidazole rings is 1. The van der Waals surface area contributed by atoms with Crippen LogP contribution in [0.3, 0.4) is 0 Å². The van der Waals surface area contributed by atoms with Crippen LogP contribution in [0.15, 0.2) is 36.5 Å². The summed E-state index contributed by atoms with van der Waals surface area (Å²) in [6, 6.07) is 6.04. The van der Waals surface area contributed by atoms with Crippen molar-refractivity contribution in [3.8, 4) is 5.75 Å². The monoisotopic (exact) mass is 445 g/mol. The van der Waals surface area contributed by atoms with Crippen LogP contribution < -0.4 is 10.1 Å². The summed E-state index contributed by atoms with van der Waals surface area (Å²) >= 11 is 0. The molecule has 3 aromatic rings. The number of halogens is 2. The molecule has 2 aromatic heterocycles. The van der Waals surface area contributed by atoms with Crippen molar-refractivity contribution in [3.05, 3.63) is 65.1 Å². The van der Waals surface area contributed by atoms with Gasteiger partial charge in [0.1, 0.15) is 30.0 Å². The van der Waals surface area contributed by atoms with Gasteiger partial charge in [-0.25, -0.2) is 18.6 Å². The highest BCUT2D eigenvalue weighted by Gasteiger charge is 2.25. The number of rotatable bonds is 9. The van der Waals surface area contributed by atoms with Crippen LogP contribution >= 0.6 is 0 Å². The van der Waals surface area contributed by atoms with Gasteiger partial charge >= 0.3 is 5.97 Å². The molecule has 9 heteroatoms. The number of aryl methyl sites for hydroxylation is 1. The number of hydrogen-bond donors (Lipinski definition) is 1. The van der Waals surface area contributed by atoms with E-state index in [-0.39, 0.29) is 23.6 Å². The first-order chi connectivity index (χ1) is 15.4. The molecule has 1 aromatic carbocycles. The van der Waals surface area contributed by atoms with Crippen molar-refractivity contribution < 1.29 is 27.8 Å². The summed E-state index contributed by atoms with van der Waals surface area (Å²) in [5.41, 5.74) is 0.755. The number of unbranched alkanes of at least 4 members (excludes halogenated alkanes) is 1. The molecule has 1 atom stereocenters. The Bertz CT molecular complexity index is 1110.